The lowest BCUT2D eigenvalue weighted by atomic mass is 9.86. The Kier molecular flexibility index (Phi) is 5.20. The molecule has 1 fully saturated rings. The number of aromatic nitrogens is 2. The summed E-state index contributed by atoms with van der Waals surface area (Å²) < 4.78 is 0. The van der Waals surface area contributed by atoms with E-state index in [-0.39, 0.29) is 0 Å². The first-order chi connectivity index (χ1) is 9.24. The van der Waals surface area contributed by atoms with E-state index in [2.05, 4.69) is 41.3 Å². The summed E-state index contributed by atoms with van der Waals surface area (Å²) in [6.07, 6.45) is 11.8. The van der Waals surface area contributed by atoms with Crippen molar-refractivity contribution in [1.82, 2.24) is 9.97 Å². The molecule has 0 saturated heterocycles. The molecule has 0 unspecified atom stereocenters. The number of halogens is 1. The Bertz CT molecular complexity index is 437. The molecule has 1 N–H and O–H groups in total. The average molecular weight is 280 g/mol. The molecular formula is C15H22ClN3. The molecule has 1 aliphatic rings. The van der Waals surface area contributed by atoms with E-state index in [0.717, 1.165) is 23.9 Å². The number of rotatable bonds is 4. The van der Waals surface area contributed by atoms with Gasteiger partial charge in [0, 0.05) is 6.04 Å². The molecule has 2 rings (SSSR count). The quantitative estimate of drug-likeness (QED) is 0.838. The first-order valence-corrected chi connectivity index (χ1v) is 7.51. The van der Waals surface area contributed by atoms with E-state index >= 15 is 0 Å². The van der Waals surface area contributed by atoms with Crippen LogP contribution in [-0.4, -0.2) is 16.0 Å². The van der Waals surface area contributed by atoms with E-state index in [1.165, 1.54) is 25.7 Å². The number of hydrogen-bond donors (Lipinski definition) is 1. The minimum atomic E-state index is 0.485. The third kappa shape index (κ3) is 3.69. The van der Waals surface area contributed by atoms with Crippen LogP contribution in [0.4, 0.5) is 5.82 Å². The van der Waals surface area contributed by atoms with Gasteiger partial charge in [-0.3, -0.25) is 0 Å². The standard InChI is InChI=1S/C15H22ClN3/c1-3-5-11-6-8-12(9-7-11)19-15-14(16)13(4-2)17-10-18-15/h3,5,10-12H,4,6-9H2,1-2H3,(H,17,18,19). The van der Waals surface area contributed by atoms with E-state index in [9.17, 15) is 0 Å². The van der Waals surface area contributed by atoms with Gasteiger partial charge in [0.1, 0.15) is 17.2 Å². The van der Waals surface area contributed by atoms with Crippen molar-refractivity contribution in [3.8, 4) is 0 Å². The van der Waals surface area contributed by atoms with Crippen LogP contribution in [0.1, 0.15) is 45.2 Å². The van der Waals surface area contributed by atoms with Gasteiger partial charge in [0.2, 0.25) is 0 Å². The van der Waals surface area contributed by atoms with Crippen molar-refractivity contribution < 1.29 is 0 Å². The molecule has 3 nitrogen and oxygen atoms in total. The van der Waals surface area contributed by atoms with Gasteiger partial charge >= 0.3 is 0 Å². The Balaban J connectivity index is 1.96. The van der Waals surface area contributed by atoms with Gasteiger partial charge in [-0.15, -0.1) is 0 Å². The predicted octanol–water partition coefficient (Wildman–Crippen LogP) is 4.24. The smallest absolute Gasteiger partial charge is 0.148 e. The van der Waals surface area contributed by atoms with E-state index in [0.29, 0.717) is 11.1 Å². The molecule has 104 valence electrons. The fourth-order valence-electron chi connectivity index (χ4n) is 2.67. The maximum atomic E-state index is 6.31. The summed E-state index contributed by atoms with van der Waals surface area (Å²) in [7, 11) is 0. The number of nitrogens with one attached hydrogen (secondary N) is 1. The van der Waals surface area contributed by atoms with Crippen molar-refractivity contribution in [2.45, 2.75) is 52.0 Å². The highest BCUT2D eigenvalue weighted by molar-refractivity contribution is 6.33. The lowest BCUT2D eigenvalue weighted by Crippen LogP contribution is -2.26. The monoisotopic (exact) mass is 279 g/mol. The molecule has 19 heavy (non-hydrogen) atoms. The van der Waals surface area contributed by atoms with Crippen LogP contribution in [0.3, 0.4) is 0 Å². The van der Waals surface area contributed by atoms with Crippen LogP contribution in [0.15, 0.2) is 18.5 Å². The third-order valence-electron chi connectivity index (χ3n) is 3.77. The van der Waals surface area contributed by atoms with E-state index in [4.69, 9.17) is 11.6 Å². The third-order valence-corrected chi connectivity index (χ3v) is 4.17. The van der Waals surface area contributed by atoms with Crippen molar-refractivity contribution in [2.24, 2.45) is 5.92 Å². The van der Waals surface area contributed by atoms with Crippen LogP contribution in [0.5, 0.6) is 0 Å². The number of allylic oxidation sites excluding steroid dienone is 2. The Labute approximate surface area is 120 Å². The van der Waals surface area contributed by atoms with Gasteiger partial charge in [-0.05, 0) is 44.9 Å². The van der Waals surface area contributed by atoms with Gasteiger partial charge in [0.05, 0.1) is 5.69 Å². The zero-order valence-corrected chi connectivity index (χ0v) is 12.5. The summed E-state index contributed by atoms with van der Waals surface area (Å²) >= 11 is 6.31. The largest absolute Gasteiger partial charge is 0.366 e. The van der Waals surface area contributed by atoms with Crippen molar-refractivity contribution in [1.29, 1.82) is 0 Å². The fourth-order valence-corrected chi connectivity index (χ4v) is 2.96. The highest BCUT2D eigenvalue weighted by atomic mass is 35.5. The Morgan fingerprint density at radius 3 is 2.68 bits per heavy atom. The molecule has 1 aromatic rings. The van der Waals surface area contributed by atoms with Crippen molar-refractivity contribution in [3.05, 3.63) is 29.2 Å². The van der Waals surface area contributed by atoms with Gasteiger partial charge in [-0.25, -0.2) is 9.97 Å². The van der Waals surface area contributed by atoms with Gasteiger partial charge < -0.3 is 5.32 Å². The highest BCUT2D eigenvalue weighted by Crippen LogP contribution is 2.29. The second-order valence-corrected chi connectivity index (χ2v) is 5.50. The minimum Gasteiger partial charge on any atom is -0.366 e. The Morgan fingerprint density at radius 1 is 1.32 bits per heavy atom. The number of anilines is 1. The molecule has 0 aromatic carbocycles. The molecule has 1 saturated carbocycles. The Morgan fingerprint density at radius 2 is 2.05 bits per heavy atom. The summed E-state index contributed by atoms with van der Waals surface area (Å²) in [6, 6.07) is 0.485. The number of nitrogens with zero attached hydrogens (tertiary/aromatic N) is 2. The van der Waals surface area contributed by atoms with Gasteiger partial charge in [-0.2, -0.15) is 0 Å². The number of aryl methyl sites for hydroxylation is 1. The molecule has 0 radical (unpaired) electrons. The lowest BCUT2D eigenvalue weighted by Gasteiger charge is -2.28. The summed E-state index contributed by atoms with van der Waals surface area (Å²) in [5, 5.41) is 4.16. The first kappa shape index (κ1) is 14.3. The van der Waals surface area contributed by atoms with E-state index in [1.54, 1.807) is 6.33 Å². The molecular weight excluding hydrogens is 258 g/mol. The van der Waals surface area contributed by atoms with E-state index < -0.39 is 0 Å². The van der Waals surface area contributed by atoms with Gasteiger partial charge in [-0.1, -0.05) is 30.7 Å². The summed E-state index contributed by atoms with van der Waals surface area (Å²) in [4.78, 5) is 8.46. The molecule has 0 bridgehead atoms. The van der Waals surface area contributed by atoms with Crippen molar-refractivity contribution in [3.63, 3.8) is 0 Å². The van der Waals surface area contributed by atoms with Crippen LogP contribution in [-0.2, 0) is 6.42 Å². The molecule has 0 amide bonds. The fraction of sp³-hybridized carbons (Fsp3) is 0.600. The van der Waals surface area contributed by atoms with Gasteiger partial charge in [0.15, 0.2) is 0 Å². The molecule has 0 spiro atoms. The van der Waals surface area contributed by atoms with Gasteiger partial charge in [0.25, 0.3) is 0 Å². The summed E-state index contributed by atoms with van der Waals surface area (Å²) in [5.41, 5.74) is 0.918. The van der Waals surface area contributed by atoms with E-state index in [1.807, 2.05) is 0 Å². The van der Waals surface area contributed by atoms with Crippen LogP contribution in [0.2, 0.25) is 5.02 Å². The lowest BCUT2D eigenvalue weighted by molar-refractivity contribution is 0.390. The van der Waals surface area contributed by atoms with Crippen LogP contribution in [0, 0.1) is 5.92 Å². The maximum absolute atomic E-state index is 6.31. The highest BCUT2D eigenvalue weighted by Gasteiger charge is 2.20. The first-order valence-electron chi connectivity index (χ1n) is 7.13. The summed E-state index contributed by atoms with van der Waals surface area (Å²) in [6.45, 7) is 4.15. The molecule has 1 aromatic heterocycles. The zero-order chi connectivity index (χ0) is 13.7. The second-order valence-electron chi connectivity index (χ2n) is 5.12. The number of hydrogen-bond acceptors (Lipinski definition) is 3. The van der Waals surface area contributed by atoms with Crippen molar-refractivity contribution >= 4 is 17.4 Å². The predicted molar refractivity (Wildman–Crippen MR) is 80.6 cm³/mol. The maximum Gasteiger partial charge on any atom is 0.148 e. The SMILES string of the molecule is CC=CC1CCC(Nc2ncnc(CC)c2Cl)CC1. The Hall–Kier alpha value is -1.09. The molecule has 1 aliphatic carbocycles. The zero-order valence-electron chi connectivity index (χ0n) is 11.7. The molecule has 0 atom stereocenters. The summed E-state index contributed by atoms with van der Waals surface area (Å²) in [5.74, 6) is 1.54. The normalized spacial score (nSPS) is 23.7. The second kappa shape index (κ2) is 6.90. The molecule has 4 heteroatoms. The topological polar surface area (TPSA) is 37.8 Å². The van der Waals surface area contributed by atoms with Crippen LogP contribution >= 0.6 is 11.6 Å². The average Bonchev–Trinajstić information content (AvgIpc) is 2.43. The van der Waals surface area contributed by atoms with Crippen LogP contribution < -0.4 is 5.32 Å². The van der Waals surface area contributed by atoms with Crippen molar-refractivity contribution in [2.75, 3.05) is 5.32 Å². The molecule has 1 heterocycles. The minimum absolute atomic E-state index is 0.485. The van der Waals surface area contributed by atoms with Crippen LogP contribution in [0.25, 0.3) is 0 Å². The molecule has 0 aliphatic heterocycles.